The van der Waals surface area contributed by atoms with Crippen LogP contribution in [0.25, 0.3) is 0 Å². The van der Waals surface area contributed by atoms with E-state index in [1.165, 1.54) is 39.3 Å². The molecule has 0 heterocycles. The van der Waals surface area contributed by atoms with Crippen molar-refractivity contribution in [2.45, 2.75) is 43.0 Å². The van der Waals surface area contributed by atoms with Gasteiger partial charge in [0, 0.05) is 0 Å². The Labute approximate surface area is 143 Å². The summed E-state index contributed by atoms with van der Waals surface area (Å²) in [7, 11) is 0. The molecule has 2 aromatic carbocycles. The van der Waals surface area contributed by atoms with Crippen LogP contribution in [0.15, 0.2) is 60.7 Å². The Morgan fingerprint density at radius 2 is 1.35 bits per heavy atom. The van der Waals surface area contributed by atoms with Crippen LogP contribution < -0.4 is 7.16 Å². The van der Waals surface area contributed by atoms with Gasteiger partial charge in [-0.25, -0.2) is 0 Å². The molecule has 0 unspecified atom stereocenters. The van der Waals surface area contributed by atoms with Crippen molar-refractivity contribution >= 4 is 31.9 Å². The molecule has 3 rings (SSSR count). The minimum absolute atomic E-state index is 0.126. The molecule has 2 aromatic rings. The average Bonchev–Trinajstić information content (AvgIpc) is 2.62. The van der Waals surface area contributed by atoms with Gasteiger partial charge in [-0.15, -0.1) is 0 Å². The van der Waals surface area contributed by atoms with Crippen LogP contribution >= 0.6 is 0 Å². The monoisotopic (exact) mass is 416 g/mol. The van der Waals surface area contributed by atoms with Crippen molar-refractivity contribution in [1.29, 1.82) is 0 Å². The Morgan fingerprint density at radius 1 is 0.870 bits per heavy atom. The molecule has 0 radical (unpaired) electrons. The van der Waals surface area contributed by atoms with E-state index >= 15 is 0 Å². The van der Waals surface area contributed by atoms with Crippen LogP contribution in [0.4, 0.5) is 0 Å². The summed E-state index contributed by atoms with van der Waals surface area (Å²) in [5, 5.41) is 0. The number of carbonyl (C=O) groups excluding carboxylic acids is 1. The topological polar surface area (TPSA) is 26.3 Å². The van der Waals surface area contributed by atoms with Crippen molar-refractivity contribution in [3.63, 3.8) is 0 Å². The first kappa shape index (κ1) is 16.6. The van der Waals surface area contributed by atoms with E-state index in [9.17, 15) is 4.79 Å². The zero-order chi connectivity index (χ0) is 16.1. The summed E-state index contributed by atoms with van der Waals surface area (Å²) in [6.45, 7) is 1.57. The fourth-order valence-corrected chi connectivity index (χ4v) is 17.4. The fourth-order valence-electron chi connectivity index (χ4n) is 3.95. The van der Waals surface area contributed by atoms with Crippen LogP contribution in [-0.2, 0) is 7.87 Å². The van der Waals surface area contributed by atoms with E-state index in [0.717, 1.165) is 0 Å². The second kappa shape index (κ2) is 7.52. The summed E-state index contributed by atoms with van der Waals surface area (Å²) < 4.78 is 9.43. The molecule has 1 aliphatic carbocycles. The molecule has 120 valence electrons. The van der Waals surface area contributed by atoms with Gasteiger partial charge in [-0.2, -0.15) is 0 Å². The van der Waals surface area contributed by atoms with E-state index in [1.807, 2.05) is 12.1 Å². The second-order valence-electron chi connectivity index (χ2n) is 6.40. The summed E-state index contributed by atoms with van der Waals surface area (Å²) in [5.74, 6) is -0.126. The van der Waals surface area contributed by atoms with Crippen LogP contribution in [0.1, 0.15) is 39.0 Å². The van der Waals surface area contributed by atoms with Crippen molar-refractivity contribution in [3.8, 4) is 0 Å². The molecule has 0 bridgehead atoms. The number of hydrogen-bond acceptors (Lipinski definition) is 2. The summed E-state index contributed by atoms with van der Waals surface area (Å²) in [5.41, 5.74) is 0. The summed E-state index contributed by atoms with van der Waals surface area (Å²) >= 11 is -3.53. The van der Waals surface area contributed by atoms with Crippen LogP contribution in [0.2, 0.25) is 3.93 Å². The maximum absolute atomic E-state index is 12.1. The molecule has 1 aliphatic rings. The average molecular weight is 415 g/mol. The van der Waals surface area contributed by atoms with E-state index in [4.69, 9.17) is 3.07 Å². The van der Waals surface area contributed by atoms with Gasteiger partial charge >= 0.3 is 143 Å². The zero-order valence-corrected chi connectivity index (χ0v) is 16.6. The maximum atomic E-state index is 12.1. The first-order chi connectivity index (χ1) is 11.2. The molecule has 0 aromatic heterocycles. The Bertz CT molecular complexity index is 594. The first-order valence-electron chi connectivity index (χ1n) is 8.54. The summed E-state index contributed by atoms with van der Waals surface area (Å²) in [6.07, 6.45) is 6.19. The first-order valence-corrected chi connectivity index (χ1v) is 14.2. The van der Waals surface area contributed by atoms with E-state index < -0.39 is 18.8 Å². The van der Waals surface area contributed by atoms with Crippen molar-refractivity contribution in [2.24, 2.45) is 0 Å². The van der Waals surface area contributed by atoms with Gasteiger partial charge in [-0.05, 0) is 0 Å². The molecule has 0 amide bonds. The molecule has 0 N–H and O–H groups in total. The Hall–Kier alpha value is -1.29. The predicted octanol–water partition coefficient (Wildman–Crippen LogP) is 3.64. The summed E-state index contributed by atoms with van der Waals surface area (Å²) in [6, 6.07) is 21.1. The number of carbonyl (C=O) groups is 1. The molecule has 23 heavy (non-hydrogen) atoms. The van der Waals surface area contributed by atoms with Crippen molar-refractivity contribution in [1.82, 2.24) is 0 Å². The van der Waals surface area contributed by atoms with Gasteiger partial charge in [0.2, 0.25) is 0 Å². The van der Waals surface area contributed by atoms with Crippen molar-refractivity contribution in [2.75, 3.05) is 0 Å². The molecule has 1 fully saturated rings. The Balaban J connectivity index is 2.18. The zero-order valence-electron chi connectivity index (χ0n) is 13.7. The fraction of sp³-hybridized carbons (Fsp3) is 0.350. The molecule has 0 saturated heterocycles. The van der Waals surface area contributed by atoms with E-state index in [1.54, 1.807) is 6.92 Å². The molecule has 2 nitrogen and oxygen atoms in total. The van der Waals surface area contributed by atoms with E-state index in [-0.39, 0.29) is 5.97 Å². The van der Waals surface area contributed by atoms with Crippen LogP contribution in [0.3, 0.4) is 0 Å². The third-order valence-electron chi connectivity index (χ3n) is 4.89. The van der Waals surface area contributed by atoms with Crippen molar-refractivity contribution < 1.29 is 7.87 Å². The third kappa shape index (κ3) is 3.47. The van der Waals surface area contributed by atoms with Crippen LogP contribution in [0.5, 0.6) is 0 Å². The van der Waals surface area contributed by atoms with Gasteiger partial charge in [0.15, 0.2) is 0 Å². The Morgan fingerprint density at radius 3 is 1.78 bits per heavy atom. The van der Waals surface area contributed by atoms with E-state index in [0.29, 0.717) is 3.93 Å². The molecular formula is C20H24O2Sn. The van der Waals surface area contributed by atoms with Gasteiger partial charge in [0.05, 0.1) is 0 Å². The van der Waals surface area contributed by atoms with Gasteiger partial charge < -0.3 is 0 Å². The predicted molar refractivity (Wildman–Crippen MR) is 96.5 cm³/mol. The number of hydrogen-bond donors (Lipinski definition) is 0. The van der Waals surface area contributed by atoms with Crippen molar-refractivity contribution in [3.05, 3.63) is 60.7 Å². The second-order valence-corrected chi connectivity index (χ2v) is 16.8. The molecule has 3 heteroatoms. The van der Waals surface area contributed by atoms with Gasteiger partial charge in [0.1, 0.15) is 0 Å². The van der Waals surface area contributed by atoms with Gasteiger partial charge in [0.25, 0.3) is 0 Å². The quantitative estimate of drug-likeness (QED) is 0.714. The summed E-state index contributed by atoms with van der Waals surface area (Å²) in [4.78, 5) is 12.1. The van der Waals surface area contributed by atoms with Crippen LogP contribution in [0, 0.1) is 0 Å². The third-order valence-corrected chi connectivity index (χ3v) is 18.4. The van der Waals surface area contributed by atoms with Gasteiger partial charge in [-0.3, -0.25) is 0 Å². The Kier molecular flexibility index (Phi) is 5.41. The molecule has 0 atom stereocenters. The van der Waals surface area contributed by atoms with Gasteiger partial charge in [-0.1, -0.05) is 0 Å². The molecule has 0 aliphatic heterocycles. The number of rotatable bonds is 4. The number of benzene rings is 2. The standard InChI is InChI=1S/C6H11.2C6H5.C2H4O2.Sn/c3*1-2-4-6-5-3-1;1-2(3)4;/h1H,2-6H2;2*1-5H;1H3,(H,3,4);/q;;;;+1/p-1. The molecular weight excluding hydrogens is 391 g/mol. The molecule has 1 saturated carbocycles. The normalized spacial score (nSPS) is 16.0. The van der Waals surface area contributed by atoms with E-state index in [2.05, 4.69) is 48.5 Å². The molecule has 0 spiro atoms. The minimum atomic E-state index is -3.53. The SMILES string of the molecule is CC(=O)[O][Sn]([c]1ccccc1)([c]1ccccc1)[CH]1CCCCC1. The van der Waals surface area contributed by atoms with Crippen LogP contribution in [-0.4, -0.2) is 24.8 Å².